The van der Waals surface area contributed by atoms with Crippen molar-refractivity contribution in [3.8, 4) is 0 Å². The SMILES string of the molecule is CCCN(CC)[C@@H](C)C(=O)N[C@H]1CCC[C@H]2CC[C@@H](C(N)=O)N2C1=O.Cc1ccccc1. The van der Waals surface area contributed by atoms with Crippen LogP contribution in [0.1, 0.15) is 64.9 Å². The van der Waals surface area contributed by atoms with E-state index in [1.165, 1.54) is 5.56 Å². The van der Waals surface area contributed by atoms with E-state index < -0.39 is 18.0 Å². The van der Waals surface area contributed by atoms with E-state index in [0.717, 1.165) is 38.8 Å². The van der Waals surface area contributed by atoms with Crippen LogP contribution in [0.2, 0.25) is 0 Å². The maximum atomic E-state index is 13.0. The third-order valence-electron chi connectivity index (χ3n) is 6.51. The van der Waals surface area contributed by atoms with Crippen molar-refractivity contribution in [3.05, 3.63) is 35.9 Å². The predicted octanol–water partition coefficient (Wildman–Crippen LogP) is 2.62. The number of aryl methyl sites for hydroxylation is 1. The first kappa shape index (κ1) is 25.8. The standard InChI is InChI=1S/C18H32N4O3.C7H8/c1-4-11-21(5-2)12(3)17(24)20-14-8-6-7-13-9-10-15(16(19)23)22(13)18(14)25;1-7-5-3-2-4-6-7/h12-15H,4-11H2,1-3H3,(H2,19,23)(H,20,24);2-6H,1H3/t12-,13-,14-,15-;/m0./s1. The molecule has 4 atom stereocenters. The highest BCUT2D eigenvalue weighted by Gasteiger charge is 2.44. The molecule has 0 aliphatic carbocycles. The summed E-state index contributed by atoms with van der Waals surface area (Å²) in [5, 5.41) is 2.93. The lowest BCUT2D eigenvalue weighted by atomic mass is 10.1. The van der Waals surface area contributed by atoms with Crippen LogP contribution in [-0.4, -0.2) is 64.8 Å². The number of primary amides is 1. The van der Waals surface area contributed by atoms with Crippen molar-refractivity contribution in [1.82, 2.24) is 15.1 Å². The minimum absolute atomic E-state index is 0.0801. The first-order valence-corrected chi connectivity index (χ1v) is 12.0. The minimum atomic E-state index is -0.555. The number of nitrogens with one attached hydrogen (secondary N) is 1. The fraction of sp³-hybridized carbons (Fsp3) is 0.640. The molecule has 3 rings (SSSR count). The Morgan fingerprint density at radius 1 is 1.16 bits per heavy atom. The molecule has 0 spiro atoms. The van der Waals surface area contributed by atoms with Crippen LogP contribution in [-0.2, 0) is 14.4 Å². The van der Waals surface area contributed by atoms with Crippen LogP contribution in [0.15, 0.2) is 30.3 Å². The Kier molecular flexibility index (Phi) is 10.2. The van der Waals surface area contributed by atoms with Gasteiger partial charge in [0.2, 0.25) is 17.7 Å². The van der Waals surface area contributed by atoms with Crippen molar-refractivity contribution in [3.63, 3.8) is 0 Å². The van der Waals surface area contributed by atoms with Gasteiger partial charge in [0.1, 0.15) is 12.1 Å². The summed E-state index contributed by atoms with van der Waals surface area (Å²) in [6, 6.07) is 8.98. The molecule has 2 heterocycles. The molecular formula is C25H40N4O3. The second-order valence-electron chi connectivity index (χ2n) is 8.85. The molecule has 2 saturated heterocycles. The molecule has 0 radical (unpaired) electrons. The molecule has 2 fully saturated rings. The zero-order valence-corrected chi connectivity index (χ0v) is 20.0. The summed E-state index contributed by atoms with van der Waals surface area (Å²) >= 11 is 0. The van der Waals surface area contributed by atoms with Crippen molar-refractivity contribution >= 4 is 17.7 Å². The van der Waals surface area contributed by atoms with Gasteiger partial charge >= 0.3 is 0 Å². The Labute approximate surface area is 192 Å². The zero-order valence-electron chi connectivity index (χ0n) is 20.0. The molecule has 2 aliphatic heterocycles. The van der Waals surface area contributed by atoms with Crippen LogP contribution in [0.3, 0.4) is 0 Å². The second-order valence-corrected chi connectivity index (χ2v) is 8.85. The van der Waals surface area contributed by atoms with E-state index >= 15 is 0 Å². The first-order valence-electron chi connectivity index (χ1n) is 12.0. The molecule has 0 aromatic heterocycles. The van der Waals surface area contributed by atoms with Crippen molar-refractivity contribution < 1.29 is 14.4 Å². The molecule has 7 nitrogen and oxygen atoms in total. The molecule has 178 valence electrons. The monoisotopic (exact) mass is 444 g/mol. The maximum absolute atomic E-state index is 13.0. The summed E-state index contributed by atoms with van der Waals surface area (Å²) < 4.78 is 0. The van der Waals surface area contributed by atoms with Gasteiger partial charge in [0, 0.05) is 6.04 Å². The van der Waals surface area contributed by atoms with Crippen LogP contribution in [0, 0.1) is 6.92 Å². The summed E-state index contributed by atoms with van der Waals surface area (Å²) in [7, 11) is 0. The van der Waals surface area contributed by atoms with E-state index in [0.29, 0.717) is 12.8 Å². The Bertz CT molecular complexity index is 755. The molecular weight excluding hydrogens is 404 g/mol. The van der Waals surface area contributed by atoms with Gasteiger partial charge in [0.25, 0.3) is 0 Å². The minimum Gasteiger partial charge on any atom is -0.368 e. The lowest BCUT2D eigenvalue weighted by Crippen LogP contribution is -2.56. The van der Waals surface area contributed by atoms with E-state index in [9.17, 15) is 14.4 Å². The molecule has 0 bridgehead atoms. The number of hydrogen-bond donors (Lipinski definition) is 2. The van der Waals surface area contributed by atoms with Crippen LogP contribution < -0.4 is 11.1 Å². The number of amides is 3. The van der Waals surface area contributed by atoms with Crippen molar-refractivity contribution in [1.29, 1.82) is 0 Å². The largest absolute Gasteiger partial charge is 0.368 e. The lowest BCUT2D eigenvalue weighted by molar-refractivity contribution is -0.142. The van der Waals surface area contributed by atoms with Gasteiger partial charge in [-0.15, -0.1) is 0 Å². The summed E-state index contributed by atoms with van der Waals surface area (Å²) in [6.07, 6.45) is 4.78. The van der Waals surface area contributed by atoms with Gasteiger partial charge in [-0.25, -0.2) is 0 Å². The van der Waals surface area contributed by atoms with Crippen LogP contribution in [0.5, 0.6) is 0 Å². The number of fused-ring (bicyclic) bond motifs is 1. The summed E-state index contributed by atoms with van der Waals surface area (Å²) in [6.45, 7) is 9.71. The molecule has 1 aromatic rings. The molecule has 32 heavy (non-hydrogen) atoms. The number of hydrogen-bond acceptors (Lipinski definition) is 4. The Morgan fingerprint density at radius 3 is 2.38 bits per heavy atom. The third-order valence-corrected chi connectivity index (χ3v) is 6.51. The predicted molar refractivity (Wildman–Crippen MR) is 127 cm³/mol. The van der Waals surface area contributed by atoms with E-state index in [1.54, 1.807) is 4.90 Å². The van der Waals surface area contributed by atoms with Crippen LogP contribution in [0.4, 0.5) is 0 Å². The average molecular weight is 445 g/mol. The molecule has 7 heteroatoms. The van der Waals surface area contributed by atoms with Crippen molar-refractivity contribution in [2.24, 2.45) is 5.73 Å². The van der Waals surface area contributed by atoms with Crippen LogP contribution >= 0.6 is 0 Å². The molecule has 3 amide bonds. The maximum Gasteiger partial charge on any atom is 0.246 e. The molecule has 0 saturated carbocycles. The highest BCUT2D eigenvalue weighted by atomic mass is 16.2. The number of likely N-dealkylation sites (N-methyl/N-ethyl adjacent to an activating group) is 1. The van der Waals surface area contributed by atoms with Gasteiger partial charge in [-0.3, -0.25) is 19.3 Å². The van der Waals surface area contributed by atoms with Gasteiger partial charge in [-0.05, 0) is 65.5 Å². The highest BCUT2D eigenvalue weighted by Crippen LogP contribution is 2.31. The van der Waals surface area contributed by atoms with Gasteiger partial charge in [-0.1, -0.05) is 49.7 Å². The number of nitrogens with two attached hydrogens (primary N) is 1. The van der Waals surface area contributed by atoms with Gasteiger partial charge in [0.05, 0.1) is 6.04 Å². The number of nitrogens with zero attached hydrogens (tertiary/aromatic N) is 2. The summed E-state index contributed by atoms with van der Waals surface area (Å²) in [5.41, 5.74) is 6.80. The number of benzene rings is 1. The molecule has 3 N–H and O–H groups in total. The zero-order chi connectivity index (χ0) is 23.7. The van der Waals surface area contributed by atoms with E-state index in [1.807, 2.05) is 32.0 Å². The number of carbonyl (C=O) groups is 3. The van der Waals surface area contributed by atoms with Crippen molar-refractivity contribution in [2.45, 2.75) is 90.4 Å². The highest BCUT2D eigenvalue weighted by molar-refractivity contribution is 5.93. The van der Waals surface area contributed by atoms with Gasteiger partial charge < -0.3 is 16.0 Å². The Morgan fingerprint density at radius 2 is 1.84 bits per heavy atom. The number of rotatable bonds is 7. The second kappa shape index (κ2) is 12.6. The Balaban J connectivity index is 0.000000439. The lowest BCUT2D eigenvalue weighted by Gasteiger charge is -2.31. The smallest absolute Gasteiger partial charge is 0.246 e. The molecule has 2 aliphatic rings. The molecule has 0 unspecified atom stereocenters. The van der Waals surface area contributed by atoms with E-state index in [4.69, 9.17) is 5.73 Å². The van der Waals surface area contributed by atoms with E-state index in [-0.39, 0.29) is 23.9 Å². The van der Waals surface area contributed by atoms with E-state index in [2.05, 4.69) is 36.2 Å². The quantitative estimate of drug-likeness (QED) is 0.676. The third kappa shape index (κ3) is 6.79. The van der Waals surface area contributed by atoms with Gasteiger partial charge in [0.15, 0.2) is 0 Å². The van der Waals surface area contributed by atoms with Crippen LogP contribution in [0.25, 0.3) is 0 Å². The molecule has 1 aromatic carbocycles. The summed E-state index contributed by atoms with van der Waals surface area (Å²) in [4.78, 5) is 41.0. The fourth-order valence-corrected chi connectivity index (χ4v) is 4.68. The fourth-order valence-electron chi connectivity index (χ4n) is 4.68. The first-order chi connectivity index (χ1) is 15.3. The van der Waals surface area contributed by atoms with Crippen molar-refractivity contribution in [2.75, 3.05) is 13.1 Å². The van der Waals surface area contributed by atoms with Gasteiger partial charge in [-0.2, -0.15) is 0 Å². The normalized spacial score (nSPS) is 23.6. The average Bonchev–Trinajstić information content (AvgIpc) is 3.14. The summed E-state index contributed by atoms with van der Waals surface area (Å²) in [5.74, 6) is -0.721. The topological polar surface area (TPSA) is 95.7 Å². The Hall–Kier alpha value is -2.41. The number of carbonyl (C=O) groups excluding carboxylic acids is 3.